The molecule has 1 aliphatic heterocycles. The standard InChI is InChI=1S/C17H20N2O2S2/c1-12-7-8-13(23-12)11-18-16(20)14-5-2-3-9-19(14)17(21)15-6-4-10-22-15/h4,6-8,10,14H,2-3,5,9,11H2,1H3,(H,18,20). The average molecular weight is 348 g/mol. The lowest BCUT2D eigenvalue weighted by molar-refractivity contribution is -0.126. The van der Waals surface area contributed by atoms with E-state index in [0.717, 1.165) is 24.1 Å². The van der Waals surface area contributed by atoms with E-state index in [1.807, 2.05) is 23.6 Å². The normalized spacial score (nSPS) is 18.0. The van der Waals surface area contributed by atoms with Gasteiger partial charge in [-0.05, 0) is 49.8 Å². The fourth-order valence-corrected chi connectivity index (χ4v) is 4.37. The molecule has 1 N–H and O–H groups in total. The third-order valence-corrected chi connectivity index (χ3v) is 5.89. The maximum atomic E-state index is 12.6. The van der Waals surface area contributed by atoms with Crippen LogP contribution in [0.3, 0.4) is 0 Å². The van der Waals surface area contributed by atoms with Crippen LogP contribution in [0.15, 0.2) is 29.6 Å². The Labute approximate surface area is 144 Å². The highest BCUT2D eigenvalue weighted by Gasteiger charge is 2.32. The lowest BCUT2D eigenvalue weighted by Crippen LogP contribution is -2.51. The van der Waals surface area contributed by atoms with Gasteiger partial charge in [-0.1, -0.05) is 6.07 Å². The summed E-state index contributed by atoms with van der Waals surface area (Å²) in [6, 6.07) is 7.44. The van der Waals surface area contributed by atoms with Crippen molar-refractivity contribution in [3.63, 3.8) is 0 Å². The lowest BCUT2D eigenvalue weighted by atomic mass is 10.0. The van der Waals surface area contributed by atoms with Crippen LogP contribution in [0.5, 0.6) is 0 Å². The number of hydrogen-bond donors (Lipinski definition) is 1. The summed E-state index contributed by atoms with van der Waals surface area (Å²) in [5.41, 5.74) is 0. The van der Waals surface area contributed by atoms with Crippen LogP contribution in [-0.4, -0.2) is 29.3 Å². The first-order valence-electron chi connectivity index (χ1n) is 7.82. The predicted octanol–water partition coefficient (Wildman–Crippen LogP) is 3.43. The summed E-state index contributed by atoms with van der Waals surface area (Å²) in [6.07, 6.45) is 2.70. The molecule has 0 saturated carbocycles. The van der Waals surface area contributed by atoms with Gasteiger partial charge < -0.3 is 10.2 Å². The van der Waals surface area contributed by atoms with Gasteiger partial charge in [0.2, 0.25) is 5.91 Å². The van der Waals surface area contributed by atoms with Crippen molar-refractivity contribution in [2.75, 3.05) is 6.54 Å². The van der Waals surface area contributed by atoms with E-state index >= 15 is 0 Å². The Morgan fingerprint density at radius 2 is 2.17 bits per heavy atom. The van der Waals surface area contributed by atoms with Gasteiger partial charge in [-0.25, -0.2) is 0 Å². The van der Waals surface area contributed by atoms with E-state index in [0.29, 0.717) is 18.0 Å². The Morgan fingerprint density at radius 3 is 2.87 bits per heavy atom. The molecule has 0 spiro atoms. The lowest BCUT2D eigenvalue weighted by Gasteiger charge is -2.34. The van der Waals surface area contributed by atoms with Crippen molar-refractivity contribution in [1.82, 2.24) is 10.2 Å². The third kappa shape index (κ3) is 3.82. The molecule has 6 heteroatoms. The van der Waals surface area contributed by atoms with Crippen LogP contribution in [0.1, 0.15) is 38.7 Å². The topological polar surface area (TPSA) is 49.4 Å². The minimum Gasteiger partial charge on any atom is -0.349 e. The fourth-order valence-electron chi connectivity index (χ4n) is 2.86. The summed E-state index contributed by atoms with van der Waals surface area (Å²) < 4.78 is 0. The molecule has 0 bridgehead atoms. The molecule has 0 radical (unpaired) electrons. The smallest absolute Gasteiger partial charge is 0.264 e. The van der Waals surface area contributed by atoms with Crippen molar-refractivity contribution in [2.45, 2.75) is 38.8 Å². The van der Waals surface area contributed by atoms with E-state index in [-0.39, 0.29) is 17.9 Å². The molecule has 2 aromatic rings. The number of likely N-dealkylation sites (tertiary alicyclic amines) is 1. The summed E-state index contributed by atoms with van der Waals surface area (Å²) in [6.45, 7) is 3.25. The van der Waals surface area contributed by atoms with E-state index in [4.69, 9.17) is 0 Å². The molecule has 2 amide bonds. The number of thiophene rings is 2. The molecule has 23 heavy (non-hydrogen) atoms. The second-order valence-electron chi connectivity index (χ2n) is 5.72. The molecule has 1 atom stereocenters. The van der Waals surface area contributed by atoms with Gasteiger partial charge in [-0.15, -0.1) is 22.7 Å². The Kier molecular flexibility index (Phi) is 5.13. The molecule has 1 aliphatic rings. The number of carbonyl (C=O) groups excluding carboxylic acids is 2. The Bertz CT molecular complexity index is 679. The number of carbonyl (C=O) groups is 2. The van der Waals surface area contributed by atoms with Gasteiger partial charge in [-0.3, -0.25) is 9.59 Å². The zero-order valence-electron chi connectivity index (χ0n) is 13.1. The second-order valence-corrected chi connectivity index (χ2v) is 8.04. The summed E-state index contributed by atoms with van der Waals surface area (Å²) in [4.78, 5) is 30.0. The van der Waals surface area contributed by atoms with Gasteiger partial charge in [0, 0.05) is 16.3 Å². The highest BCUT2D eigenvalue weighted by molar-refractivity contribution is 7.12. The summed E-state index contributed by atoms with van der Waals surface area (Å²) in [5, 5.41) is 4.89. The minimum atomic E-state index is -0.348. The predicted molar refractivity (Wildman–Crippen MR) is 93.9 cm³/mol. The minimum absolute atomic E-state index is 0.0215. The molecule has 4 nitrogen and oxygen atoms in total. The van der Waals surface area contributed by atoms with E-state index in [2.05, 4.69) is 18.3 Å². The highest BCUT2D eigenvalue weighted by atomic mass is 32.1. The van der Waals surface area contributed by atoms with E-state index in [1.165, 1.54) is 16.2 Å². The monoisotopic (exact) mass is 348 g/mol. The van der Waals surface area contributed by atoms with Crippen molar-refractivity contribution < 1.29 is 9.59 Å². The molecule has 1 unspecified atom stereocenters. The van der Waals surface area contributed by atoms with E-state index in [1.54, 1.807) is 16.2 Å². The van der Waals surface area contributed by atoms with E-state index < -0.39 is 0 Å². The first-order valence-corrected chi connectivity index (χ1v) is 9.52. The Morgan fingerprint density at radius 1 is 1.30 bits per heavy atom. The molecule has 1 saturated heterocycles. The largest absolute Gasteiger partial charge is 0.349 e. The van der Waals surface area contributed by atoms with Crippen molar-refractivity contribution in [1.29, 1.82) is 0 Å². The molecule has 3 rings (SSSR count). The van der Waals surface area contributed by atoms with Crippen LogP contribution >= 0.6 is 22.7 Å². The number of amides is 2. The quantitative estimate of drug-likeness (QED) is 0.920. The van der Waals surface area contributed by atoms with Gasteiger partial charge in [0.1, 0.15) is 6.04 Å². The first-order chi connectivity index (χ1) is 11.1. The molecule has 0 aliphatic carbocycles. The van der Waals surface area contributed by atoms with Gasteiger partial charge >= 0.3 is 0 Å². The first kappa shape index (κ1) is 16.2. The van der Waals surface area contributed by atoms with Crippen LogP contribution in [0.4, 0.5) is 0 Å². The molecule has 122 valence electrons. The van der Waals surface area contributed by atoms with Crippen LogP contribution in [0.25, 0.3) is 0 Å². The van der Waals surface area contributed by atoms with Crippen LogP contribution in [0, 0.1) is 6.92 Å². The summed E-state index contributed by atoms with van der Waals surface area (Å²) in [7, 11) is 0. The van der Waals surface area contributed by atoms with Crippen molar-refractivity contribution in [2.24, 2.45) is 0 Å². The van der Waals surface area contributed by atoms with Crippen LogP contribution < -0.4 is 5.32 Å². The van der Waals surface area contributed by atoms with Gasteiger partial charge in [0.15, 0.2) is 0 Å². The third-order valence-electron chi connectivity index (χ3n) is 4.03. The number of hydrogen-bond acceptors (Lipinski definition) is 4. The Hall–Kier alpha value is -1.66. The van der Waals surface area contributed by atoms with Gasteiger partial charge in [-0.2, -0.15) is 0 Å². The second kappa shape index (κ2) is 7.27. The molecule has 2 aromatic heterocycles. The highest BCUT2D eigenvalue weighted by Crippen LogP contribution is 2.22. The fraction of sp³-hybridized carbons (Fsp3) is 0.412. The molecular formula is C17H20N2O2S2. The van der Waals surface area contributed by atoms with Crippen LogP contribution in [0.2, 0.25) is 0 Å². The number of rotatable bonds is 4. The van der Waals surface area contributed by atoms with Gasteiger partial charge in [0.05, 0.1) is 11.4 Å². The average Bonchev–Trinajstić information content (AvgIpc) is 3.23. The van der Waals surface area contributed by atoms with Crippen molar-refractivity contribution in [3.8, 4) is 0 Å². The number of nitrogens with one attached hydrogen (secondary N) is 1. The molecule has 1 fully saturated rings. The number of piperidine rings is 1. The zero-order chi connectivity index (χ0) is 16.2. The Balaban J connectivity index is 1.65. The molecule has 3 heterocycles. The summed E-state index contributed by atoms with van der Waals surface area (Å²) >= 11 is 3.12. The number of aryl methyl sites for hydroxylation is 1. The van der Waals surface area contributed by atoms with Crippen molar-refractivity contribution >= 4 is 34.5 Å². The number of nitrogens with zero attached hydrogens (tertiary/aromatic N) is 1. The van der Waals surface area contributed by atoms with E-state index in [9.17, 15) is 9.59 Å². The zero-order valence-corrected chi connectivity index (χ0v) is 14.7. The van der Waals surface area contributed by atoms with Crippen molar-refractivity contribution in [3.05, 3.63) is 44.3 Å². The molecular weight excluding hydrogens is 328 g/mol. The maximum absolute atomic E-state index is 12.6. The summed E-state index contributed by atoms with van der Waals surface area (Å²) in [5.74, 6) is -0.0625. The SMILES string of the molecule is Cc1ccc(CNC(=O)C2CCCCN2C(=O)c2cccs2)s1. The molecule has 0 aromatic carbocycles. The maximum Gasteiger partial charge on any atom is 0.264 e. The van der Waals surface area contributed by atoms with Crippen LogP contribution in [-0.2, 0) is 11.3 Å². The van der Waals surface area contributed by atoms with Gasteiger partial charge in [0.25, 0.3) is 5.91 Å².